The van der Waals surface area contributed by atoms with Gasteiger partial charge in [-0.1, -0.05) is 60.7 Å². The Bertz CT molecular complexity index is 980. The summed E-state index contributed by atoms with van der Waals surface area (Å²) >= 11 is 0. The van der Waals surface area contributed by atoms with Gasteiger partial charge >= 0.3 is 5.69 Å². The van der Waals surface area contributed by atoms with Gasteiger partial charge in [-0.15, -0.1) is 0 Å². The predicted molar refractivity (Wildman–Crippen MR) is 101 cm³/mol. The van der Waals surface area contributed by atoms with Crippen molar-refractivity contribution in [2.24, 2.45) is 0 Å². The van der Waals surface area contributed by atoms with Gasteiger partial charge in [0.2, 0.25) is 11.7 Å². The lowest BCUT2D eigenvalue weighted by Gasteiger charge is -2.02. The van der Waals surface area contributed by atoms with Crippen LogP contribution in [0.15, 0.2) is 66.9 Å². The number of nitrogen functional groups attached to an aromatic ring is 1. The molecular weight excluding hydrogens is 366 g/mol. The zero-order valence-corrected chi connectivity index (χ0v) is 14.5. The Morgan fingerprint density at radius 2 is 1.54 bits per heavy atom. The van der Waals surface area contributed by atoms with Crippen LogP contribution in [0.1, 0.15) is 10.4 Å². The number of nitrogens with zero attached hydrogens (tertiary/aromatic N) is 4. The van der Waals surface area contributed by atoms with Crippen LogP contribution in [-0.4, -0.2) is 32.1 Å². The molecule has 0 spiro atoms. The second-order valence-corrected chi connectivity index (χ2v) is 5.37. The SMILES string of the molecule is Nc1ncc([N+](=O)[O-])c(-c2ccccc2)n1.O=C(C[N+](=O)[O-])c1ccccc1. The third kappa shape index (κ3) is 5.66. The van der Waals surface area contributed by atoms with E-state index in [1.807, 2.05) is 6.07 Å². The summed E-state index contributed by atoms with van der Waals surface area (Å²) < 4.78 is 0. The first-order valence-electron chi connectivity index (χ1n) is 7.91. The number of hydrogen-bond acceptors (Lipinski definition) is 8. The summed E-state index contributed by atoms with van der Waals surface area (Å²) in [6.45, 7) is -0.635. The quantitative estimate of drug-likeness (QED) is 0.402. The van der Waals surface area contributed by atoms with Gasteiger partial charge in [0.15, 0.2) is 5.69 Å². The molecule has 0 aliphatic heterocycles. The van der Waals surface area contributed by atoms with Gasteiger partial charge in [-0.05, 0) is 0 Å². The van der Waals surface area contributed by atoms with Crippen molar-refractivity contribution in [1.82, 2.24) is 9.97 Å². The normalized spacial score (nSPS) is 9.71. The summed E-state index contributed by atoms with van der Waals surface area (Å²) in [4.78, 5) is 38.1. The zero-order valence-electron chi connectivity index (χ0n) is 14.5. The van der Waals surface area contributed by atoms with Crippen molar-refractivity contribution in [3.8, 4) is 11.3 Å². The highest BCUT2D eigenvalue weighted by Gasteiger charge is 2.17. The van der Waals surface area contributed by atoms with Gasteiger partial charge in [-0.25, -0.2) is 9.97 Å². The van der Waals surface area contributed by atoms with Gasteiger partial charge in [0, 0.05) is 16.1 Å². The van der Waals surface area contributed by atoms with E-state index in [0.29, 0.717) is 11.1 Å². The predicted octanol–water partition coefficient (Wildman–Crippen LogP) is 2.78. The van der Waals surface area contributed by atoms with Crippen molar-refractivity contribution >= 4 is 17.4 Å². The molecule has 0 saturated heterocycles. The van der Waals surface area contributed by atoms with E-state index in [4.69, 9.17) is 5.73 Å². The van der Waals surface area contributed by atoms with Crippen LogP contribution >= 0.6 is 0 Å². The molecule has 10 heteroatoms. The van der Waals surface area contributed by atoms with Crippen LogP contribution in [0.3, 0.4) is 0 Å². The number of benzene rings is 2. The fourth-order valence-corrected chi connectivity index (χ4v) is 2.16. The number of carbonyl (C=O) groups is 1. The van der Waals surface area contributed by atoms with E-state index in [2.05, 4.69) is 9.97 Å². The molecule has 2 aromatic carbocycles. The Kier molecular flexibility index (Phi) is 6.81. The molecule has 1 aromatic heterocycles. The number of hydrogen-bond donors (Lipinski definition) is 1. The summed E-state index contributed by atoms with van der Waals surface area (Å²) in [6, 6.07) is 17.1. The Morgan fingerprint density at radius 3 is 2.07 bits per heavy atom. The smallest absolute Gasteiger partial charge is 0.313 e. The summed E-state index contributed by atoms with van der Waals surface area (Å²) in [6.07, 6.45) is 1.12. The molecular formula is C18H15N5O5. The molecule has 0 saturated carbocycles. The van der Waals surface area contributed by atoms with Gasteiger partial charge in [-0.2, -0.15) is 0 Å². The third-order valence-corrected chi connectivity index (χ3v) is 3.40. The average Bonchev–Trinajstić information content (AvgIpc) is 2.69. The number of ketones is 1. The van der Waals surface area contributed by atoms with Crippen molar-refractivity contribution in [2.45, 2.75) is 0 Å². The van der Waals surface area contributed by atoms with Crippen LogP contribution in [0.4, 0.5) is 11.6 Å². The maximum atomic E-state index is 11.0. The summed E-state index contributed by atoms with van der Waals surface area (Å²) in [7, 11) is 0. The van der Waals surface area contributed by atoms with Crippen LogP contribution in [0, 0.1) is 20.2 Å². The van der Waals surface area contributed by atoms with Gasteiger partial charge in [0.05, 0.1) is 4.92 Å². The largest absolute Gasteiger partial charge is 0.368 e. The lowest BCUT2D eigenvalue weighted by Crippen LogP contribution is -2.13. The number of nitrogens with two attached hydrogens (primary N) is 1. The van der Waals surface area contributed by atoms with Gasteiger partial charge in [-0.3, -0.25) is 25.0 Å². The molecule has 0 unspecified atom stereocenters. The lowest BCUT2D eigenvalue weighted by atomic mass is 10.1. The summed E-state index contributed by atoms with van der Waals surface area (Å²) in [5.74, 6) is -0.440. The molecule has 3 rings (SSSR count). The summed E-state index contributed by atoms with van der Waals surface area (Å²) in [5.41, 5.74) is 6.53. The van der Waals surface area contributed by atoms with E-state index >= 15 is 0 Å². The second-order valence-electron chi connectivity index (χ2n) is 5.37. The highest BCUT2D eigenvalue weighted by atomic mass is 16.6. The number of carbonyl (C=O) groups excluding carboxylic acids is 1. The fourth-order valence-electron chi connectivity index (χ4n) is 2.16. The standard InChI is InChI=1S/C10H8N4O2.C8H7NO3/c11-10-12-6-8(14(15)16)9(13-10)7-4-2-1-3-5-7;10-8(6-9(11)12)7-4-2-1-3-5-7/h1-6H,(H2,11,12,13);1-5H,6H2. The third-order valence-electron chi connectivity index (χ3n) is 3.40. The highest BCUT2D eigenvalue weighted by molar-refractivity contribution is 5.96. The van der Waals surface area contributed by atoms with Crippen LogP contribution < -0.4 is 5.73 Å². The van der Waals surface area contributed by atoms with Crippen molar-refractivity contribution in [1.29, 1.82) is 0 Å². The minimum Gasteiger partial charge on any atom is -0.368 e. The maximum absolute atomic E-state index is 11.0. The first-order valence-corrected chi connectivity index (χ1v) is 7.91. The fraction of sp³-hybridized carbons (Fsp3) is 0.0556. The Balaban J connectivity index is 0.000000209. The first kappa shape index (κ1) is 20.1. The van der Waals surface area contributed by atoms with E-state index < -0.39 is 22.2 Å². The van der Waals surface area contributed by atoms with Crippen molar-refractivity contribution in [3.05, 3.63) is 92.7 Å². The monoisotopic (exact) mass is 381 g/mol. The number of nitro groups is 2. The molecule has 1 heterocycles. The maximum Gasteiger partial charge on any atom is 0.313 e. The summed E-state index contributed by atoms with van der Waals surface area (Å²) in [5, 5.41) is 20.8. The van der Waals surface area contributed by atoms with E-state index in [0.717, 1.165) is 6.20 Å². The molecule has 0 amide bonds. The molecule has 2 N–H and O–H groups in total. The minimum atomic E-state index is -0.635. The van der Waals surface area contributed by atoms with Crippen LogP contribution in [0.5, 0.6) is 0 Å². The second kappa shape index (κ2) is 9.48. The van der Waals surface area contributed by atoms with Crippen molar-refractivity contribution in [3.63, 3.8) is 0 Å². The molecule has 0 aliphatic rings. The van der Waals surface area contributed by atoms with Crippen LogP contribution in [-0.2, 0) is 0 Å². The Hall–Kier alpha value is -4.21. The van der Waals surface area contributed by atoms with Crippen LogP contribution in [0.25, 0.3) is 11.3 Å². The van der Waals surface area contributed by atoms with E-state index in [1.165, 1.54) is 0 Å². The molecule has 0 aliphatic carbocycles. The van der Waals surface area contributed by atoms with E-state index in [9.17, 15) is 25.0 Å². The van der Waals surface area contributed by atoms with Crippen molar-refractivity contribution in [2.75, 3.05) is 12.3 Å². The topological polar surface area (TPSA) is 155 Å². The molecule has 0 atom stereocenters. The number of aromatic nitrogens is 2. The zero-order chi connectivity index (χ0) is 20.5. The minimum absolute atomic E-state index is 0.0180. The van der Waals surface area contributed by atoms with E-state index in [-0.39, 0.29) is 17.3 Å². The first-order chi connectivity index (χ1) is 13.4. The highest BCUT2D eigenvalue weighted by Crippen LogP contribution is 2.26. The Labute approximate surface area is 159 Å². The Morgan fingerprint density at radius 1 is 0.964 bits per heavy atom. The molecule has 3 aromatic rings. The van der Waals surface area contributed by atoms with Crippen molar-refractivity contribution < 1.29 is 14.6 Å². The van der Waals surface area contributed by atoms with Gasteiger partial charge in [0.25, 0.3) is 6.54 Å². The number of anilines is 1. The van der Waals surface area contributed by atoms with Crippen LogP contribution in [0.2, 0.25) is 0 Å². The molecule has 28 heavy (non-hydrogen) atoms. The molecule has 0 bridgehead atoms. The van der Waals surface area contributed by atoms with Gasteiger partial charge < -0.3 is 5.73 Å². The molecule has 0 fully saturated rings. The average molecular weight is 381 g/mol. The molecule has 0 radical (unpaired) electrons. The molecule has 10 nitrogen and oxygen atoms in total. The van der Waals surface area contributed by atoms with Gasteiger partial charge in [0.1, 0.15) is 6.20 Å². The van der Waals surface area contributed by atoms with E-state index in [1.54, 1.807) is 54.6 Å². The number of Topliss-reactive ketones (excluding diaryl/α,β-unsaturated/α-hetero) is 1. The number of rotatable bonds is 5. The lowest BCUT2D eigenvalue weighted by molar-refractivity contribution is -0.465. The molecule has 142 valence electrons.